The molecule has 1 amide bonds. The Bertz CT molecular complexity index is 940. The molecule has 7 heteroatoms. The fourth-order valence-electron chi connectivity index (χ4n) is 2.26. The molecule has 3 N–H and O–H groups in total. The maximum Gasteiger partial charge on any atom is 0.291 e. The zero-order chi connectivity index (χ0) is 18.0. The molecular weight excluding hydrogens is 347 g/mol. The number of nitrogens with two attached hydrogens (primary N) is 1. The van der Waals surface area contributed by atoms with Crippen molar-refractivity contribution in [3.63, 3.8) is 0 Å². The van der Waals surface area contributed by atoms with Gasteiger partial charge in [0.05, 0.1) is 17.8 Å². The molecular formula is C18H14ClFN2O3. The molecule has 0 bridgehead atoms. The number of carbonyl (C=O) groups excluding carboxylic acids is 1. The molecule has 2 aromatic carbocycles. The number of ether oxygens (including phenoxy) is 1. The molecule has 128 valence electrons. The topological polar surface area (TPSA) is 77.5 Å². The lowest BCUT2D eigenvalue weighted by molar-refractivity contribution is 0.0997. The number of halogens is 2. The standard InChI is InChI=1S/C18H14ClFN2O3/c1-24-16-5-2-10(8-12(16)19)15-6-7-17(25-15)18(23)22-14-9-11(21)3-4-13(14)20/h2-9H,21H2,1H3,(H,22,23). The van der Waals surface area contributed by atoms with Gasteiger partial charge in [-0.1, -0.05) is 11.6 Å². The van der Waals surface area contributed by atoms with E-state index < -0.39 is 11.7 Å². The third-order valence-corrected chi connectivity index (χ3v) is 3.80. The van der Waals surface area contributed by atoms with Crippen molar-refractivity contribution >= 4 is 28.9 Å². The van der Waals surface area contributed by atoms with Crippen LogP contribution >= 0.6 is 11.6 Å². The van der Waals surface area contributed by atoms with Crippen molar-refractivity contribution in [1.82, 2.24) is 0 Å². The number of amides is 1. The first-order valence-electron chi connectivity index (χ1n) is 7.28. The molecule has 5 nitrogen and oxygen atoms in total. The van der Waals surface area contributed by atoms with Crippen LogP contribution in [0.4, 0.5) is 15.8 Å². The molecule has 0 fully saturated rings. The van der Waals surface area contributed by atoms with E-state index in [0.717, 1.165) is 0 Å². The molecule has 0 atom stereocenters. The number of anilines is 2. The van der Waals surface area contributed by atoms with Gasteiger partial charge in [-0.2, -0.15) is 0 Å². The van der Waals surface area contributed by atoms with Crippen molar-refractivity contribution < 1.29 is 18.3 Å². The molecule has 0 aliphatic rings. The smallest absolute Gasteiger partial charge is 0.291 e. The van der Waals surface area contributed by atoms with E-state index >= 15 is 0 Å². The van der Waals surface area contributed by atoms with Crippen LogP contribution in [0.5, 0.6) is 5.75 Å². The Labute approximate surface area is 148 Å². The number of rotatable bonds is 4. The van der Waals surface area contributed by atoms with Crippen LogP contribution in [0.2, 0.25) is 5.02 Å². The molecule has 3 aromatic rings. The SMILES string of the molecule is COc1ccc(-c2ccc(C(=O)Nc3cc(N)ccc3F)o2)cc1Cl. The first kappa shape index (κ1) is 16.9. The fraction of sp³-hybridized carbons (Fsp3) is 0.0556. The van der Waals surface area contributed by atoms with E-state index in [4.69, 9.17) is 26.5 Å². The molecule has 0 saturated heterocycles. The number of carbonyl (C=O) groups is 1. The average Bonchev–Trinajstić information content (AvgIpc) is 3.08. The van der Waals surface area contributed by atoms with Crippen molar-refractivity contribution in [2.24, 2.45) is 0 Å². The molecule has 25 heavy (non-hydrogen) atoms. The third-order valence-electron chi connectivity index (χ3n) is 3.50. The molecule has 0 radical (unpaired) electrons. The normalized spacial score (nSPS) is 10.5. The zero-order valence-electron chi connectivity index (χ0n) is 13.2. The van der Waals surface area contributed by atoms with E-state index in [2.05, 4.69) is 5.32 Å². The zero-order valence-corrected chi connectivity index (χ0v) is 13.9. The summed E-state index contributed by atoms with van der Waals surface area (Å²) >= 11 is 6.09. The molecule has 3 rings (SSSR count). The first-order chi connectivity index (χ1) is 12.0. The number of benzene rings is 2. The summed E-state index contributed by atoms with van der Waals surface area (Å²) in [5.41, 5.74) is 6.60. The van der Waals surface area contributed by atoms with E-state index in [1.165, 1.54) is 31.4 Å². The number of nitrogen functional groups attached to an aromatic ring is 1. The van der Waals surface area contributed by atoms with Crippen molar-refractivity contribution in [3.8, 4) is 17.1 Å². The van der Waals surface area contributed by atoms with Crippen molar-refractivity contribution in [3.05, 3.63) is 65.1 Å². The monoisotopic (exact) mass is 360 g/mol. The summed E-state index contributed by atoms with van der Waals surface area (Å²) in [6.07, 6.45) is 0. The lowest BCUT2D eigenvalue weighted by Gasteiger charge is -2.06. The van der Waals surface area contributed by atoms with Crippen LogP contribution in [0.3, 0.4) is 0 Å². The number of hydrogen-bond donors (Lipinski definition) is 2. The predicted molar refractivity (Wildman–Crippen MR) is 94.5 cm³/mol. The lowest BCUT2D eigenvalue weighted by atomic mass is 10.2. The van der Waals surface area contributed by atoms with Crippen molar-refractivity contribution in [1.29, 1.82) is 0 Å². The second-order valence-corrected chi connectivity index (χ2v) is 5.61. The van der Waals surface area contributed by atoms with Gasteiger partial charge < -0.3 is 20.2 Å². The fourth-order valence-corrected chi connectivity index (χ4v) is 2.52. The molecule has 1 heterocycles. The van der Waals surface area contributed by atoms with E-state index in [0.29, 0.717) is 27.8 Å². The summed E-state index contributed by atoms with van der Waals surface area (Å²) in [6.45, 7) is 0. The Morgan fingerprint density at radius 3 is 2.72 bits per heavy atom. The van der Waals surface area contributed by atoms with Crippen LogP contribution in [0.25, 0.3) is 11.3 Å². The highest BCUT2D eigenvalue weighted by Crippen LogP contribution is 2.31. The van der Waals surface area contributed by atoms with Crippen molar-refractivity contribution in [2.45, 2.75) is 0 Å². The maximum absolute atomic E-state index is 13.7. The van der Waals surface area contributed by atoms with Gasteiger partial charge in [0.1, 0.15) is 17.3 Å². The van der Waals surface area contributed by atoms with Gasteiger partial charge in [0.15, 0.2) is 5.76 Å². The largest absolute Gasteiger partial charge is 0.495 e. The molecule has 0 aliphatic carbocycles. The summed E-state index contributed by atoms with van der Waals surface area (Å²) in [5.74, 6) is -0.162. The van der Waals surface area contributed by atoms with E-state index in [9.17, 15) is 9.18 Å². The summed E-state index contributed by atoms with van der Waals surface area (Å²) < 4.78 is 24.3. The van der Waals surface area contributed by atoms with Gasteiger partial charge in [0, 0.05) is 11.3 Å². The Morgan fingerprint density at radius 1 is 1.20 bits per heavy atom. The van der Waals surface area contributed by atoms with Crippen LogP contribution in [-0.2, 0) is 0 Å². The van der Waals surface area contributed by atoms with Gasteiger partial charge >= 0.3 is 0 Å². The van der Waals surface area contributed by atoms with Crippen molar-refractivity contribution in [2.75, 3.05) is 18.2 Å². The number of hydrogen-bond acceptors (Lipinski definition) is 4. The minimum atomic E-state index is -0.588. The summed E-state index contributed by atoms with van der Waals surface area (Å²) in [7, 11) is 1.52. The van der Waals surface area contributed by atoms with Crippen LogP contribution in [0, 0.1) is 5.82 Å². The molecule has 0 spiro atoms. The number of methoxy groups -OCH3 is 1. The van der Waals surface area contributed by atoms with E-state index in [-0.39, 0.29) is 11.4 Å². The van der Waals surface area contributed by atoms with Gasteiger partial charge in [-0.05, 0) is 48.5 Å². The highest BCUT2D eigenvalue weighted by atomic mass is 35.5. The van der Waals surface area contributed by atoms with Crippen LogP contribution in [0.15, 0.2) is 52.9 Å². The highest BCUT2D eigenvalue weighted by molar-refractivity contribution is 6.32. The van der Waals surface area contributed by atoms with Gasteiger partial charge in [-0.15, -0.1) is 0 Å². The van der Waals surface area contributed by atoms with Gasteiger partial charge in [-0.25, -0.2) is 4.39 Å². The minimum Gasteiger partial charge on any atom is -0.495 e. The quantitative estimate of drug-likeness (QED) is 0.667. The molecule has 0 aliphatic heterocycles. The van der Waals surface area contributed by atoms with Gasteiger partial charge in [0.2, 0.25) is 0 Å². The molecule has 0 saturated carbocycles. The molecule has 1 aromatic heterocycles. The Kier molecular flexibility index (Phi) is 4.63. The second-order valence-electron chi connectivity index (χ2n) is 5.21. The predicted octanol–water partition coefficient (Wildman–Crippen LogP) is 4.58. The van der Waals surface area contributed by atoms with Gasteiger partial charge in [-0.3, -0.25) is 4.79 Å². The number of furan rings is 1. The van der Waals surface area contributed by atoms with Crippen LogP contribution < -0.4 is 15.8 Å². The Balaban J connectivity index is 1.82. The van der Waals surface area contributed by atoms with E-state index in [1.54, 1.807) is 24.3 Å². The highest BCUT2D eigenvalue weighted by Gasteiger charge is 2.15. The maximum atomic E-state index is 13.7. The lowest BCUT2D eigenvalue weighted by Crippen LogP contribution is -2.12. The average molecular weight is 361 g/mol. The summed E-state index contributed by atoms with van der Waals surface area (Å²) in [6, 6.07) is 12.2. The summed E-state index contributed by atoms with van der Waals surface area (Å²) in [5, 5.41) is 2.85. The summed E-state index contributed by atoms with van der Waals surface area (Å²) in [4.78, 5) is 12.2. The molecule has 0 unspecified atom stereocenters. The van der Waals surface area contributed by atoms with E-state index in [1.807, 2.05) is 0 Å². The Hall–Kier alpha value is -2.99. The van der Waals surface area contributed by atoms with Gasteiger partial charge in [0.25, 0.3) is 5.91 Å². The minimum absolute atomic E-state index is 0.0181. The third kappa shape index (κ3) is 3.59. The Morgan fingerprint density at radius 2 is 2.00 bits per heavy atom. The van der Waals surface area contributed by atoms with Crippen LogP contribution in [-0.4, -0.2) is 13.0 Å². The van der Waals surface area contributed by atoms with Crippen LogP contribution in [0.1, 0.15) is 10.6 Å². The number of nitrogens with one attached hydrogen (secondary N) is 1. The second kappa shape index (κ2) is 6.86. The first-order valence-corrected chi connectivity index (χ1v) is 7.66.